The molecule has 7 heteroatoms. The average Bonchev–Trinajstić information content (AvgIpc) is 2.66. The molecule has 1 amide bonds. The van der Waals surface area contributed by atoms with E-state index >= 15 is 0 Å². The van der Waals surface area contributed by atoms with Gasteiger partial charge in [0.05, 0.1) is 11.2 Å². The fourth-order valence-corrected chi connectivity index (χ4v) is 2.46. The highest BCUT2D eigenvalue weighted by Crippen LogP contribution is 2.38. The summed E-state index contributed by atoms with van der Waals surface area (Å²) >= 11 is 6.20. The second-order valence-electron chi connectivity index (χ2n) is 7.11. The van der Waals surface area contributed by atoms with Crippen LogP contribution in [0.5, 0.6) is 0 Å². The van der Waals surface area contributed by atoms with Gasteiger partial charge >= 0.3 is 7.12 Å². The molecule has 1 saturated heterocycles. The number of halogens is 1. The van der Waals surface area contributed by atoms with Crippen molar-refractivity contribution in [1.82, 2.24) is 10.3 Å². The summed E-state index contributed by atoms with van der Waals surface area (Å²) in [5.74, 6) is -0.120. The van der Waals surface area contributed by atoms with Crippen LogP contribution in [0.4, 0.5) is 0 Å². The molecule has 1 N–H and O–H groups in total. The molecule has 0 atom stereocenters. The van der Waals surface area contributed by atoms with E-state index in [0.717, 1.165) is 16.6 Å². The van der Waals surface area contributed by atoms with Crippen molar-refractivity contribution in [3.05, 3.63) is 34.0 Å². The normalized spacial score (nSPS) is 19.5. The first-order valence-corrected chi connectivity index (χ1v) is 8.32. The number of nitrogens with zero attached hydrogens (tertiary/aromatic N) is 1. The SMILES string of the molecule is CC(=O)NCC(=Cc1cc(C)cnc1Cl)B1OC(C)(C)C(C)(C)O1. The Hall–Kier alpha value is -1.37. The second-order valence-corrected chi connectivity index (χ2v) is 7.47. The molecule has 0 spiro atoms. The van der Waals surface area contributed by atoms with Gasteiger partial charge in [-0.1, -0.05) is 17.7 Å². The van der Waals surface area contributed by atoms with Crippen LogP contribution in [-0.2, 0) is 14.1 Å². The third-order valence-electron chi connectivity index (χ3n) is 4.44. The molecule has 1 aromatic heterocycles. The quantitative estimate of drug-likeness (QED) is 0.669. The van der Waals surface area contributed by atoms with Gasteiger partial charge in [0.2, 0.25) is 5.91 Å². The van der Waals surface area contributed by atoms with Gasteiger partial charge in [-0.05, 0) is 51.7 Å². The zero-order valence-corrected chi connectivity index (χ0v) is 15.8. The molecule has 1 aliphatic heterocycles. The van der Waals surface area contributed by atoms with E-state index in [4.69, 9.17) is 20.9 Å². The molecule has 0 aromatic carbocycles. The summed E-state index contributed by atoms with van der Waals surface area (Å²) in [6, 6.07) is 1.94. The highest BCUT2D eigenvalue weighted by Gasteiger charge is 2.52. The van der Waals surface area contributed by atoms with Gasteiger partial charge in [-0.25, -0.2) is 4.98 Å². The first-order chi connectivity index (χ1) is 11.0. The van der Waals surface area contributed by atoms with Gasteiger partial charge in [-0.2, -0.15) is 0 Å². The van der Waals surface area contributed by atoms with Crippen LogP contribution in [0.3, 0.4) is 0 Å². The van der Waals surface area contributed by atoms with Crippen LogP contribution in [0, 0.1) is 6.92 Å². The Morgan fingerprint density at radius 1 is 1.33 bits per heavy atom. The largest absolute Gasteiger partial charge is 0.492 e. The van der Waals surface area contributed by atoms with E-state index < -0.39 is 18.3 Å². The molecule has 0 radical (unpaired) electrons. The number of hydrogen-bond acceptors (Lipinski definition) is 4. The van der Waals surface area contributed by atoms with Gasteiger partial charge < -0.3 is 14.6 Å². The zero-order valence-electron chi connectivity index (χ0n) is 15.1. The minimum atomic E-state index is -0.557. The molecular weight excluding hydrogens is 326 g/mol. The maximum Gasteiger partial charge on any atom is 0.492 e. The first-order valence-electron chi connectivity index (χ1n) is 7.94. The summed E-state index contributed by atoms with van der Waals surface area (Å²) in [5.41, 5.74) is 1.65. The Morgan fingerprint density at radius 2 is 1.92 bits per heavy atom. The van der Waals surface area contributed by atoms with Gasteiger partial charge in [0, 0.05) is 25.2 Å². The van der Waals surface area contributed by atoms with Gasteiger partial charge in [-0.3, -0.25) is 4.79 Å². The van der Waals surface area contributed by atoms with E-state index in [1.165, 1.54) is 6.92 Å². The summed E-state index contributed by atoms with van der Waals surface area (Å²) in [6.45, 7) is 11.7. The lowest BCUT2D eigenvalue weighted by Crippen LogP contribution is -2.41. The van der Waals surface area contributed by atoms with E-state index in [0.29, 0.717) is 11.7 Å². The number of carbonyl (C=O) groups excluding carboxylic acids is 1. The minimum Gasteiger partial charge on any atom is -0.400 e. The predicted molar refractivity (Wildman–Crippen MR) is 96.7 cm³/mol. The van der Waals surface area contributed by atoms with Gasteiger partial charge in [0.25, 0.3) is 0 Å². The summed E-state index contributed by atoms with van der Waals surface area (Å²) < 4.78 is 12.2. The Bertz CT molecular complexity index is 658. The number of carbonyl (C=O) groups is 1. The van der Waals surface area contributed by atoms with Crippen LogP contribution < -0.4 is 5.32 Å². The molecule has 24 heavy (non-hydrogen) atoms. The second kappa shape index (κ2) is 6.86. The maximum absolute atomic E-state index is 11.3. The van der Waals surface area contributed by atoms with Crippen molar-refractivity contribution in [3.63, 3.8) is 0 Å². The standard InChI is InChI=1S/C17H24BClN2O3/c1-11-7-13(15(19)21-9-11)8-14(10-20-12(2)22)18-23-16(3,4)17(5,6)24-18/h7-9H,10H2,1-6H3,(H,20,22). The summed E-state index contributed by atoms with van der Waals surface area (Å²) in [5, 5.41) is 3.20. The molecule has 1 fully saturated rings. The van der Waals surface area contributed by atoms with E-state index in [9.17, 15) is 4.79 Å². The molecule has 5 nitrogen and oxygen atoms in total. The number of hydrogen-bond donors (Lipinski definition) is 1. The van der Waals surface area contributed by atoms with Crippen LogP contribution >= 0.6 is 11.6 Å². The molecule has 1 aliphatic rings. The van der Waals surface area contributed by atoms with Crippen molar-refractivity contribution in [2.75, 3.05) is 6.54 Å². The number of nitrogens with one attached hydrogen (secondary N) is 1. The molecule has 0 saturated carbocycles. The molecule has 1 aromatic rings. The van der Waals surface area contributed by atoms with Crippen LogP contribution in [0.15, 0.2) is 17.7 Å². The van der Waals surface area contributed by atoms with Gasteiger partial charge in [0.15, 0.2) is 0 Å². The van der Waals surface area contributed by atoms with Crippen molar-refractivity contribution in [2.45, 2.75) is 52.7 Å². The Labute approximate surface area is 148 Å². The molecular formula is C17H24BClN2O3. The van der Waals surface area contributed by atoms with Crippen LogP contribution in [0.25, 0.3) is 6.08 Å². The van der Waals surface area contributed by atoms with E-state index in [1.807, 2.05) is 46.8 Å². The summed E-state index contributed by atoms with van der Waals surface area (Å²) in [4.78, 5) is 15.5. The number of aromatic nitrogens is 1. The van der Waals surface area contributed by atoms with E-state index in [-0.39, 0.29) is 5.91 Å². The maximum atomic E-state index is 11.3. The first kappa shape index (κ1) is 19.0. The number of pyridine rings is 1. The smallest absolute Gasteiger partial charge is 0.400 e. The molecule has 2 rings (SSSR count). The van der Waals surface area contributed by atoms with Crippen molar-refractivity contribution >= 4 is 30.7 Å². The fourth-order valence-electron chi connectivity index (χ4n) is 2.30. The van der Waals surface area contributed by atoms with Gasteiger partial charge in [-0.15, -0.1) is 0 Å². The Morgan fingerprint density at radius 3 is 2.46 bits per heavy atom. The lowest BCUT2D eigenvalue weighted by molar-refractivity contribution is -0.118. The van der Waals surface area contributed by atoms with Gasteiger partial charge in [0.1, 0.15) is 5.15 Å². The number of amides is 1. The van der Waals surface area contributed by atoms with Crippen LogP contribution in [0.1, 0.15) is 45.7 Å². The number of aryl methyl sites for hydroxylation is 1. The fraction of sp³-hybridized carbons (Fsp3) is 0.529. The Balaban J connectivity index is 2.37. The third kappa shape index (κ3) is 4.18. The minimum absolute atomic E-state index is 0.120. The lowest BCUT2D eigenvalue weighted by atomic mass is 9.77. The summed E-state index contributed by atoms with van der Waals surface area (Å²) in [6.07, 6.45) is 3.59. The zero-order chi connectivity index (χ0) is 18.1. The molecule has 0 unspecified atom stereocenters. The van der Waals surface area contributed by atoms with E-state index in [1.54, 1.807) is 6.20 Å². The topological polar surface area (TPSA) is 60.5 Å². The lowest BCUT2D eigenvalue weighted by Gasteiger charge is -2.32. The molecule has 130 valence electrons. The number of rotatable bonds is 4. The molecule has 2 heterocycles. The van der Waals surface area contributed by atoms with Crippen LogP contribution in [-0.4, -0.2) is 35.8 Å². The monoisotopic (exact) mass is 350 g/mol. The van der Waals surface area contributed by atoms with E-state index in [2.05, 4.69) is 10.3 Å². The van der Waals surface area contributed by atoms with Crippen molar-refractivity contribution in [2.24, 2.45) is 0 Å². The summed E-state index contributed by atoms with van der Waals surface area (Å²) in [7, 11) is -0.557. The highest BCUT2D eigenvalue weighted by atomic mass is 35.5. The Kier molecular flexibility index (Phi) is 5.42. The predicted octanol–water partition coefficient (Wildman–Crippen LogP) is 3.19. The molecule has 0 aliphatic carbocycles. The van der Waals surface area contributed by atoms with Crippen molar-refractivity contribution in [3.8, 4) is 0 Å². The van der Waals surface area contributed by atoms with Crippen LogP contribution in [0.2, 0.25) is 5.15 Å². The van der Waals surface area contributed by atoms with Crippen molar-refractivity contribution < 1.29 is 14.1 Å². The third-order valence-corrected chi connectivity index (χ3v) is 4.76. The van der Waals surface area contributed by atoms with Crippen molar-refractivity contribution in [1.29, 1.82) is 0 Å². The highest BCUT2D eigenvalue weighted by molar-refractivity contribution is 6.56. The average molecular weight is 351 g/mol. The molecule has 0 bridgehead atoms.